The van der Waals surface area contributed by atoms with E-state index in [-0.39, 0.29) is 31.9 Å². The summed E-state index contributed by atoms with van der Waals surface area (Å²) in [6.07, 6.45) is 5.02. The van der Waals surface area contributed by atoms with Crippen LogP contribution in [0.15, 0.2) is 23.1 Å². The molecule has 4 atom stereocenters. The summed E-state index contributed by atoms with van der Waals surface area (Å²) >= 11 is 0. The van der Waals surface area contributed by atoms with E-state index in [0.29, 0.717) is 50.9 Å². The predicted molar refractivity (Wildman–Crippen MR) is 132 cm³/mol. The zero-order valence-electron chi connectivity index (χ0n) is 21.3. The highest BCUT2D eigenvalue weighted by atomic mass is 32.2. The van der Waals surface area contributed by atoms with Gasteiger partial charge in [-0.3, -0.25) is 4.90 Å². The second kappa shape index (κ2) is 9.96. The van der Waals surface area contributed by atoms with Gasteiger partial charge in [-0.25, -0.2) is 22.0 Å². The monoisotopic (exact) mass is 555 g/mol. The number of sulfonamides is 1. The van der Waals surface area contributed by atoms with E-state index in [1.807, 2.05) is 0 Å². The number of hydrogen-bond donors (Lipinski definition) is 1. The van der Waals surface area contributed by atoms with Crippen molar-refractivity contribution in [1.82, 2.24) is 14.1 Å². The van der Waals surface area contributed by atoms with Crippen LogP contribution in [0.4, 0.5) is 13.6 Å². The van der Waals surface area contributed by atoms with Crippen molar-refractivity contribution in [2.45, 2.75) is 79.6 Å². The highest BCUT2D eigenvalue weighted by molar-refractivity contribution is 7.89. The SMILES string of the molecule is O=C(OC1([C@H]2COC[C@@H](CC3CC3)N2S(=O)(=O)c2cc(F)cc(F)c2)CC1)N1CC2CCC(C1)N2CCO. The van der Waals surface area contributed by atoms with Gasteiger partial charge in [0, 0.05) is 43.8 Å². The molecule has 2 saturated carbocycles. The molecule has 38 heavy (non-hydrogen) atoms. The molecule has 3 heterocycles. The Bertz CT molecular complexity index is 1140. The third kappa shape index (κ3) is 4.94. The minimum atomic E-state index is -4.31. The molecule has 210 valence electrons. The molecule has 12 heteroatoms. The van der Waals surface area contributed by atoms with Crippen LogP contribution in [0.2, 0.25) is 0 Å². The molecule has 9 nitrogen and oxygen atoms in total. The molecule has 0 radical (unpaired) electrons. The van der Waals surface area contributed by atoms with Gasteiger partial charge in [-0.2, -0.15) is 4.31 Å². The van der Waals surface area contributed by atoms with Gasteiger partial charge in [0.15, 0.2) is 0 Å². The number of fused-ring (bicyclic) bond motifs is 2. The normalized spacial score (nSPS) is 31.4. The van der Waals surface area contributed by atoms with E-state index in [9.17, 15) is 27.1 Å². The largest absolute Gasteiger partial charge is 0.441 e. The molecule has 1 aromatic carbocycles. The van der Waals surface area contributed by atoms with E-state index in [1.54, 1.807) is 4.90 Å². The number of piperazine rings is 1. The van der Waals surface area contributed by atoms with Gasteiger partial charge in [-0.15, -0.1) is 0 Å². The zero-order chi connectivity index (χ0) is 26.7. The fourth-order valence-electron chi connectivity index (χ4n) is 6.66. The lowest BCUT2D eigenvalue weighted by molar-refractivity contribution is -0.0764. The van der Waals surface area contributed by atoms with E-state index >= 15 is 0 Å². The number of carbonyl (C=O) groups is 1. The molecule has 3 saturated heterocycles. The Labute approximate surface area is 221 Å². The van der Waals surface area contributed by atoms with Gasteiger partial charge in [-0.05, 0) is 50.2 Å². The van der Waals surface area contributed by atoms with Crippen LogP contribution in [0.1, 0.15) is 44.9 Å². The van der Waals surface area contributed by atoms with Gasteiger partial charge in [0.1, 0.15) is 17.2 Å². The molecular formula is C26H35F2N3O6S. The summed E-state index contributed by atoms with van der Waals surface area (Å²) in [5.74, 6) is -1.54. The second-order valence-electron chi connectivity index (χ2n) is 11.5. The molecule has 1 aromatic rings. The van der Waals surface area contributed by atoms with Crippen LogP contribution in [-0.2, 0) is 19.5 Å². The Kier molecular flexibility index (Phi) is 6.91. The number of carbonyl (C=O) groups excluding carboxylic acids is 1. The Morgan fingerprint density at radius 1 is 1.05 bits per heavy atom. The maximum absolute atomic E-state index is 14.1. The van der Waals surface area contributed by atoms with Crippen LogP contribution >= 0.6 is 0 Å². The molecule has 0 spiro atoms. The molecule has 2 unspecified atom stereocenters. The molecule has 1 amide bonds. The minimum absolute atomic E-state index is 0.0427. The smallest absolute Gasteiger partial charge is 0.410 e. The average Bonchev–Trinajstić information content (AvgIpc) is 3.79. The summed E-state index contributed by atoms with van der Waals surface area (Å²) in [7, 11) is -4.31. The lowest BCUT2D eigenvalue weighted by Gasteiger charge is -2.45. The highest BCUT2D eigenvalue weighted by Crippen LogP contribution is 2.49. The van der Waals surface area contributed by atoms with Crippen LogP contribution < -0.4 is 0 Å². The van der Waals surface area contributed by atoms with E-state index in [1.165, 1.54) is 4.31 Å². The Morgan fingerprint density at radius 3 is 2.29 bits per heavy atom. The summed E-state index contributed by atoms with van der Waals surface area (Å²) < 4.78 is 69.3. The molecule has 2 bridgehead atoms. The Morgan fingerprint density at radius 2 is 1.71 bits per heavy atom. The summed E-state index contributed by atoms with van der Waals surface area (Å²) in [6, 6.07) is 1.38. The summed E-state index contributed by atoms with van der Waals surface area (Å²) in [5.41, 5.74) is -1.04. The van der Waals surface area contributed by atoms with Crippen LogP contribution in [0.3, 0.4) is 0 Å². The minimum Gasteiger partial charge on any atom is -0.441 e. The van der Waals surface area contributed by atoms with Crippen molar-refractivity contribution >= 4 is 16.1 Å². The molecule has 1 N–H and O–H groups in total. The molecule has 5 aliphatic rings. The summed E-state index contributed by atoms with van der Waals surface area (Å²) in [5, 5.41) is 9.39. The van der Waals surface area contributed by atoms with Crippen molar-refractivity contribution in [2.75, 3.05) is 39.5 Å². The van der Waals surface area contributed by atoms with Gasteiger partial charge in [0.25, 0.3) is 0 Å². The zero-order valence-corrected chi connectivity index (χ0v) is 22.1. The first-order valence-corrected chi connectivity index (χ1v) is 15.1. The predicted octanol–water partition coefficient (Wildman–Crippen LogP) is 2.33. The average molecular weight is 556 g/mol. The number of ether oxygens (including phenoxy) is 2. The molecule has 5 fully saturated rings. The lowest BCUT2D eigenvalue weighted by Crippen LogP contribution is -2.62. The van der Waals surface area contributed by atoms with Crippen LogP contribution in [-0.4, -0.2) is 103 Å². The fraction of sp³-hybridized carbons (Fsp3) is 0.731. The standard InChI is InChI=1S/C26H35F2N3O6S/c27-18-10-19(28)12-23(11-18)38(34,35)31-22(9-17-1-2-17)15-36-16-24(31)26(5-6-26)37-25(33)29-13-20-3-4-21(14-29)30(20)7-8-32/h10-12,17,20-22,24,32H,1-9,13-16H2/t20?,21?,22-,24-/m1/s1. The van der Waals surface area contributed by atoms with E-state index in [2.05, 4.69) is 4.90 Å². The van der Waals surface area contributed by atoms with Crippen LogP contribution in [0.25, 0.3) is 0 Å². The Hall–Kier alpha value is -1.86. The van der Waals surface area contributed by atoms with Crippen LogP contribution in [0, 0.1) is 17.6 Å². The van der Waals surface area contributed by atoms with Gasteiger partial charge < -0.3 is 19.5 Å². The van der Waals surface area contributed by atoms with Crippen LogP contribution in [0.5, 0.6) is 0 Å². The molecular weight excluding hydrogens is 520 g/mol. The van der Waals surface area contributed by atoms with Crippen molar-refractivity contribution in [3.8, 4) is 0 Å². The van der Waals surface area contributed by atoms with Gasteiger partial charge in [0.05, 0.1) is 30.8 Å². The first-order valence-electron chi connectivity index (χ1n) is 13.6. The van der Waals surface area contributed by atoms with Crippen molar-refractivity contribution < 1.29 is 36.6 Å². The number of aliphatic hydroxyl groups is 1. The number of rotatable bonds is 8. The molecule has 6 rings (SSSR count). The number of likely N-dealkylation sites (tertiary alicyclic amines) is 1. The van der Waals surface area contributed by atoms with Crippen molar-refractivity contribution in [1.29, 1.82) is 0 Å². The van der Waals surface area contributed by atoms with Gasteiger partial charge >= 0.3 is 6.09 Å². The maximum Gasteiger partial charge on any atom is 0.410 e. The van der Waals surface area contributed by atoms with Crippen molar-refractivity contribution in [3.63, 3.8) is 0 Å². The summed E-state index contributed by atoms with van der Waals surface area (Å²) in [6.45, 7) is 1.88. The lowest BCUT2D eigenvalue weighted by atomic mass is 10.0. The van der Waals surface area contributed by atoms with Crippen molar-refractivity contribution in [2.24, 2.45) is 5.92 Å². The van der Waals surface area contributed by atoms with E-state index < -0.39 is 50.3 Å². The number of nitrogens with zero attached hydrogens (tertiary/aromatic N) is 3. The highest BCUT2D eigenvalue weighted by Gasteiger charge is 2.61. The number of amides is 1. The van der Waals surface area contributed by atoms with Gasteiger partial charge in [0.2, 0.25) is 10.0 Å². The number of aliphatic hydroxyl groups excluding tert-OH is 1. The number of benzene rings is 1. The second-order valence-corrected chi connectivity index (χ2v) is 13.4. The number of morpholine rings is 1. The fourth-order valence-corrected chi connectivity index (χ4v) is 8.55. The number of hydrogen-bond acceptors (Lipinski definition) is 7. The number of halogens is 2. The third-order valence-corrected chi connectivity index (χ3v) is 10.8. The molecule has 0 aromatic heterocycles. The third-order valence-electron chi connectivity index (χ3n) is 8.86. The summed E-state index contributed by atoms with van der Waals surface area (Å²) in [4.78, 5) is 16.9. The van der Waals surface area contributed by atoms with Crippen molar-refractivity contribution in [3.05, 3.63) is 29.8 Å². The Balaban J connectivity index is 1.25. The quantitative estimate of drug-likeness (QED) is 0.526. The first-order chi connectivity index (χ1) is 18.2. The maximum atomic E-state index is 14.1. The van der Waals surface area contributed by atoms with Gasteiger partial charge in [-0.1, -0.05) is 12.8 Å². The molecule has 3 aliphatic heterocycles. The topological polar surface area (TPSA) is 99.6 Å². The van der Waals surface area contributed by atoms with E-state index in [0.717, 1.165) is 37.8 Å². The van der Waals surface area contributed by atoms with E-state index in [4.69, 9.17) is 9.47 Å². The molecule has 2 aliphatic carbocycles. The first kappa shape index (κ1) is 26.4.